The van der Waals surface area contributed by atoms with E-state index in [1.165, 1.54) is 14.0 Å². The van der Waals surface area contributed by atoms with E-state index in [0.717, 1.165) is 5.56 Å². The van der Waals surface area contributed by atoms with E-state index >= 15 is 0 Å². The van der Waals surface area contributed by atoms with Gasteiger partial charge in [-0.15, -0.1) is 0 Å². The third-order valence-electron chi connectivity index (χ3n) is 3.25. The molecule has 0 fully saturated rings. The van der Waals surface area contributed by atoms with E-state index in [9.17, 15) is 9.59 Å². The molecule has 0 bridgehead atoms. The first kappa shape index (κ1) is 22.6. The predicted octanol–water partition coefficient (Wildman–Crippen LogP) is 2.63. The van der Waals surface area contributed by atoms with Crippen molar-refractivity contribution in [2.45, 2.75) is 51.9 Å². The number of amides is 1. The first-order chi connectivity index (χ1) is 12.5. The van der Waals surface area contributed by atoms with Crippen LogP contribution in [0.15, 0.2) is 29.4 Å². The van der Waals surface area contributed by atoms with Crippen molar-refractivity contribution < 1.29 is 23.9 Å². The molecule has 2 atom stereocenters. The number of esters is 1. The Morgan fingerprint density at radius 3 is 2.37 bits per heavy atom. The molecule has 150 valence electrons. The van der Waals surface area contributed by atoms with E-state index in [2.05, 4.69) is 15.2 Å². The number of benzene rings is 1. The molecule has 1 aromatic carbocycles. The quantitative estimate of drug-likeness (QED) is 0.315. The van der Waals surface area contributed by atoms with Crippen LogP contribution in [0.3, 0.4) is 0 Å². The highest BCUT2D eigenvalue weighted by Crippen LogP contribution is 2.12. The fourth-order valence-electron chi connectivity index (χ4n) is 1.95. The maximum absolute atomic E-state index is 12.1. The molecule has 9 heteroatoms. The molecule has 0 aliphatic carbocycles. The Bertz CT molecular complexity index is 671. The Hall–Kier alpha value is -2.48. The molecule has 0 saturated heterocycles. The van der Waals surface area contributed by atoms with Gasteiger partial charge in [0.1, 0.15) is 5.60 Å². The van der Waals surface area contributed by atoms with Crippen molar-refractivity contribution in [3.05, 3.63) is 34.9 Å². The molecule has 0 aliphatic rings. The molecule has 0 radical (unpaired) electrons. The number of carbonyl (C=O) groups excluding carboxylic acids is 2. The molecular weight excluding hydrogens is 374 g/mol. The highest BCUT2D eigenvalue weighted by Gasteiger charge is 2.23. The fraction of sp³-hybridized carbons (Fsp3) is 0.500. The summed E-state index contributed by atoms with van der Waals surface area (Å²) >= 11 is 5.89. The summed E-state index contributed by atoms with van der Waals surface area (Å²) in [5, 5.41) is 7.00. The third kappa shape index (κ3) is 8.63. The fourth-order valence-corrected chi connectivity index (χ4v) is 2.07. The Balaban J connectivity index is 2.92. The summed E-state index contributed by atoms with van der Waals surface area (Å²) in [5.41, 5.74) is 6.17. The van der Waals surface area contributed by atoms with Gasteiger partial charge in [0.15, 0.2) is 5.84 Å². The Morgan fingerprint density at radius 1 is 1.26 bits per heavy atom. The van der Waals surface area contributed by atoms with Gasteiger partial charge in [-0.05, 0) is 45.4 Å². The molecule has 0 aliphatic heterocycles. The summed E-state index contributed by atoms with van der Waals surface area (Å²) in [6.45, 7) is 6.72. The normalized spacial score (nSPS) is 14.1. The van der Waals surface area contributed by atoms with Crippen LogP contribution in [-0.2, 0) is 25.5 Å². The van der Waals surface area contributed by atoms with Gasteiger partial charge in [-0.3, -0.25) is 0 Å². The molecule has 0 aromatic heterocycles. The molecule has 0 saturated carbocycles. The smallest absolute Gasteiger partial charge is 0.408 e. The van der Waals surface area contributed by atoms with Crippen LogP contribution in [0.25, 0.3) is 0 Å². The van der Waals surface area contributed by atoms with Crippen molar-refractivity contribution in [2.75, 3.05) is 7.11 Å². The van der Waals surface area contributed by atoms with E-state index in [0.29, 0.717) is 11.4 Å². The predicted molar refractivity (Wildman–Crippen MR) is 102 cm³/mol. The number of hydrogen-bond acceptors (Lipinski definition) is 6. The van der Waals surface area contributed by atoms with Crippen molar-refractivity contribution in [1.82, 2.24) is 5.32 Å². The van der Waals surface area contributed by atoms with Crippen LogP contribution in [0.5, 0.6) is 0 Å². The Kier molecular flexibility index (Phi) is 8.36. The van der Waals surface area contributed by atoms with Crippen molar-refractivity contribution in [3.63, 3.8) is 0 Å². The van der Waals surface area contributed by atoms with Crippen LogP contribution in [0.1, 0.15) is 33.3 Å². The maximum Gasteiger partial charge on any atom is 0.408 e. The Morgan fingerprint density at radius 2 is 1.85 bits per heavy atom. The third-order valence-corrected chi connectivity index (χ3v) is 3.50. The molecule has 1 rings (SSSR count). The molecule has 0 heterocycles. The first-order valence-electron chi connectivity index (χ1n) is 8.32. The monoisotopic (exact) mass is 399 g/mol. The van der Waals surface area contributed by atoms with Crippen molar-refractivity contribution in [2.24, 2.45) is 10.9 Å². The van der Waals surface area contributed by atoms with Gasteiger partial charge in [-0.1, -0.05) is 28.9 Å². The Labute approximate surface area is 164 Å². The lowest BCUT2D eigenvalue weighted by Gasteiger charge is -2.23. The van der Waals surface area contributed by atoms with Crippen LogP contribution < -0.4 is 11.1 Å². The number of nitrogens with zero attached hydrogens (tertiary/aromatic N) is 1. The number of nitrogens with one attached hydrogen (secondary N) is 1. The summed E-state index contributed by atoms with van der Waals surface area (Å²) in [7, 11) is 1.24. The van der Waals surface area contributed by atoms with E-state index in [1.807, 2.05) is 0 Å². The van der Waals surface area contributed by atoms with Gasteiger partial charge >= 0.3 is 12.1 Å². The molecule has 1 aromatic rings. The highest BCUT2D eigenvalue weighted by molar-refractivity contribution is 6.30. The van der Waals surface area contributed by atoms with Gasteiger partial charge in [-0.2, -0.15) is 0 Å². The van der Waals surface area contributed by atoms with Gasteiger partial charge in [-0.25, -0.2) is 9.59 Å². The number of carbonyl (C=O) groups is 2. The average Bonchev–Trinajstić information content (AvgIpc) is 2.58. The second kappa shape index (κ2) is 10.0. The number of hydrogen-bond donors (Lipinski definition) is 2. The van der Waals surface area contributed by atoms with Gasteiger partial charge in [0.25, 0.3) is 0 Å². The van der Waals surface area contributed by atoms with Gasteiger partial charge < -0.3 is 25.4 Å². The molecule has 3 N–H and O–H groups in total. The van der Waals surface area contributed by atoms with E-state index in [4.69, 9.17) is 26.9 Å². The summed E-state index contributed by atoms with van der Waals surface area (Å²) < 4.78 is 9.81. The highest BCUT2D eigenvalue weighted by atomic mass is 35.5. The van der Waals surface area contributed by atoms with Crippen molar-refractivity contribution in [3.8, 4) is 0 Å². The largest absolute Gasteiger partial charge is 0.466 e. The van der Waals surface area contributed by atoms with Crippen LogP contribution in [0.2, 0.25) is 5.02 Å². The standard InChI is InChI=1S/C18H26ClN3O5/c1-11(16(23)25-5)27-22-15(20)14(21-17(24)26-18(2,3)4)10-12-6-8-13(19)9-7-12/h6-9,11,14H,10H2,1-5H3,(H2,20,22)(H,21,24)/t11-,14?/m0/s1. The number of halogens is 1. The minimum absolute atomic E-state index is 0.0217. The second-order valence-corrected chi connectivity index (χ2v) is 7.25. The van der Waals surface area contributed by atoms with E-state index in [-0.39, 0.29) is 5.84 Å². The van der Waals surface area contributed by atoms with Crippen LogP contribution in [0, 0.1) is 0 Å². The second-order valence-electron chi connectivity index (χ2n) is 6.82. The zero-order chi connectivity index (χ0) is 20.6. The first-order valence-corrected chi connectivity index (χ1v) is 8.70. The molecule has 8 nitrogen and oxygen atoms in total. The van der Waals surface area contributed by atoms with Crippen LogP contribution >= 0.6 is 11.6 Å². The lowest BCUT2D eigenvalue weighted by molar-refractivity contribution is -0.152. The molecular formula is C18H26ClN3O5. The average molecular weight is 400 g/mol. The van der Waals surface area contributed by atoms with Gasteiger partial charge in [0.2, 0.25) is 6.10 Å². The number of ether oxygens (including phenoxy) is 2. The molecule has 27 heavy (non-hydrogen) atoms. The summed E-state index contributed by atoms with van der Waals surface area (Å²) in [6.07, 6.45) is -1.27. The van der Waals surface area contributed by atoms with Crippen LogP contribution in [-0.4, -0.2) is 42.8 Å². The lowest BCUT2D eigenvalue weighted by Crippen LogP contribution is -2.48. The van der Waals surface area contributed by atoms with Gasteiger partial charge in [0.05, 0.1) is 13.2 Å². The number of oxime groups is 1. The van der Waals surface area contributed by atoms with Crippen LogP contribution in [0.4, 0.5) is 4.79 Å². The number of alkyl carbamates (subject to hydrolysis) is 1. The molecule has 1 amide bonds. The SMILES string of the molecule is COC(=O)[C@H](C)ON=C(N)C(Cc1ccc(Cl)cc1)NC(=O)OC(C)(C)C. The molecule has 0 spiro atoms. The van der Waals surface area contributed by atoms with E-state index < -0.39 is 29.8 Å². The lowest BCUT2D eigenvalue weighted by atomic mass is 10.1. The summed E-state index contributed by atoms with van der Waals surface area (Å²) in [4.78, 5) is 28.6. The van der Waals surface area contributed by atoms with E-state index in [1.54, 1.807) is 45.0 Å². The zero-order valence-corrected chi connectivity index (χ0v) is 16.9. The van der Waals surface area contributed by atoms with Gasteiger partial charge in [0, 0.05) is 11.4 Å². The minimum Gasteiger partial charge on any atom is -0.466 e. The topological polar surface area (TPSA) is 112 Å². The minimum atomic E-state index is -0.939. The molecule has 1 unspecified atom stereocenters. The zero-order valence-electron chi connectivity index (χ0n) is 16.1. The number of amidine groups is 1. The van der Waals surface area contributed by atoms with Crippen molar-refractivity contribution in [1.29, 1.82) is 0 Å². The number of methoxy groups -OCH3 is 1. The summed E-state index contributed by atoms with van der Waals surface area (Å²) in [5.74, 6) is -0.618. The number of rotatable bonds is 7. The summed E-state index contributed by atoms with van der Waals surface area (Å²) in [6, 6.07) is 6.34. The maximum atomic E-state index is 12.1. The number of nitrogens with two attached hydrogens (primary N) is 1. The van der Waals surface area contributed by atoms with Crippen molar-refractivity contribution >= 4 is 29.5 Å².